The van der Waals surface area contributed by atoms with Gasteiger partial charge in [0.05, 0.1) is 16.6 Å². The van der Waals surface area contributed by atoms with E-state index in [0.29, 0.717) is 0 Å². The maximum absolute atomic E-state index is 9.31. The zero-order valence-electron chi connectivity index (χ0n) is 6.17. The minimum Gasteiger partial charge on any atom is -0.394 e. The van der Waals surface area contributed by atoms with Gasteiger partial charge in [0.25, 0.3) is 0 Å². The molecule has 0 aliphatic carbocycles. The largest absolute Gasteiger partial charge is 0.394 e. The molecule has 0 amide bonds. The number of rotatable bonds is 1. The maximum Gasteiger partial charge on any atom is 0.169 e. The van der Waals surface area contributed by atoms with Crippen LogP contribution in [0.2, 0.25) is 0 Å². The molecule has 5 nitrogen and oxygen atoms in total. The van der Waals surface area contributed by atoms with Crippen molar-refractivity contribution in [2.24, 2.45) is 0 Å². The monoisotopic (exact) mass is 290 g/mol. The predicted molar refractivity (Wildman–Crippen MR) is 47.8 cm³/mol. The molecule has 0 aromatic carbocycles. The second-order valence-corrected chi connectivity index (χ2v) is 4.11. The lowest BCUT2D eigenvalue weighted by molar-refractivity contribution is -0.231. The molecule has 1 aliphatic heterocycles. The lowest BCUT2D eigenvalue weighted by Crippen LogP contribution is -2.56. The second kappa shape index (κ2) is 4.16. The minimum atomic E-state index is -1.14. The molecule has 1 fully saturated rings. The van der Waals surface area contributed by atoms with E-state index >= 15 is 0 Å². The second-order valence-electron chi connectivity index (χ2n) is 2.67. The van der Waals surface area contributed by atoms with Crippen LogP contribution in [0.15, 0.2) is 0 Å². The van der Waals surface area contributed by atoms with Gasteiger partial charge < -0.3 is 25.2 Å². The summed E-state index contributed by atoms with van der Waals surface area (Å²) >= 11 is 1.78. The molecule has 4 N–H and O–H groups in total. The average molecular weight is 290 g/mol. The summed E-state index contributed by atoms with van der Waals surface area (Å²) in [5.41, 5.74) is 0. The molecule has 0 aromatic rings. The number of hydrogen-bond donors (Lipinski definition) is 4. The van der Waals surface area contributed by atoms with Gasteiger partial charge in [0.15, 0.2) is 6.29 Å². The van der Waals surface area contributed by atoms with E-state index in [0.717, 1.165) is 0 Å². The summed E-state index contributed by atoms with van der Waals surface area (Å²) in [5, 5.41) is 36.4. The topological polar surface area (TPSA) is 90.2 Å². The van der Waals surface area contributed by atoms with Crippen LogP contribution in [-0.4, -0.2) is 55.6 Å². The molecular formula is C6H11IO5. The van der Waals surface area contributed by atoms with E-state index in [-0.39, 0.29) is 0 Å². The summed E-state index contributed by atoms with van der Waals surface area (Å²) in [4.78, 5) is 0. The van der Waals surface area contributed by atoms with Gasteiger partial charge in [-0.25, -0.2) is 0 Å². The molecule has 1 aliphatic rings. The quantitative estimate of drug-likeness (QED) is 0.339. The maximum atomic E-state index is 9.31. The highest BCUT2D eigenvalue weighted by molar-refractivity contribution is 14.1. The fraction of sp³-hybridized carbons (Fsp3) is 1.00. The van der Waals surface area contributed by atoms with E-state index in [2.05, 4.69) is 0 Å². The van der Waals surface area contributed by atoms with Crippen LogP contribution in [0.5, 0.6) is 0 Å². The summed E-state index contributed by atoms with van der Waals surface area (Å²) in [5.74, 6) is 0. The van der Waals surface area contributed by atoms with Crippen molar-refractivity contribution in [3.05, 3.63) is 0 Å². The van der Waals surface area contributed by atoms with Crippen LogP contribution in [0.3, 0.4) is 0 Å². The minimum absolute atomic E-state index is 0.418. The molecule has 0 aromatic heterocycles. The molecule has 6 heteroatoms. The Kier molecular flexibility index (Phi) is 3.68. The predicted octanol–water partition coefficient (Wildman–Crippen LogP) is -1.78. The highest BCUT2D eigenvalue weighted by Crippen LogP contribution is 2.24. The molecule has 5 atom stereocenters. The first-order chi connectivity index (χ1) is 5.57. The molecule has 12 heavy (non-hydrogen) atoms. The van der Waals surface area contributed by atoms with Crippen molar-refractivity contribution in [2.75, 3.05) is 6.61 Å². The van der Waals surface area contributed by atoms with Gasteiger partial charge in [-0.15, -0.1) is 0 Å². The number of ether oxygens (including phenoxy) is 1. The van der Waals surface area contributed by atoms with Crippen LogP contribution >= 0.6 is 22.6 Å². The Morgan fingerprint density at radius 3 is 2.25 bits per heavy atom. The van der Waals surface area contributed by atoms with Gasteiger partial charge in [0, 0.05) is 0 Å². The van der Waals surface area contributed by atoms with Gasteiger partial charge in [-0.2, -0.15) is 0 Å². The zero-order valence-corrected chi connectivity index (χ0v) is 8.33. The Morgan fingerprint density at radius 1 is 1.17 bits per heavy atom. The van der Waals surface area contributed by atoms with Crippen LogP contribution in [0.25, 0.3) is 0 Å². The van der Waals surface area contributed by atoms with Gasteiger partial charge in [0.2, 0.25) is 0 Å². The molecule has 1 unspecified atom stereocenters. The molecule has 0 spiro atoms. The number of hydrogen-bond acceptors (Lipinski definition) is 5. The van der Waals surface area contributed by atoms with E-state index in [1.165, 1.54) is 0 Å². The molecule has 1 saturated heterocycles. The zero-order chi connectivity index (χ0) is 9.30. The van der Waals surface area contributed by atoms with Gasteiger partial charge in [-0.05, 0) is 0 Å². The fourth-order valence-corrected chi connectivity index (χ4v) is 1.66. The van der Waals surface area contributed by atoms with Crippen molar-refractivity contribution in [3.63, 3.8) is 0 Å². The Bertz CT molecular complexity index is 150. The highest BCUT2D eigenvalue weighted by atomic mass is 127. The molecule has 0 bridgehead atoms. The Morgan fingerprint density at radius 2 is 1.75 bits per heavy atom. The molecular weight excluding hydrogens is 279 g/mol. The normalized spacial score (nSPS) is 49.2. The molecule has 1 rings (SSSR count). The van der Waals surface area contributed by atoms with Gasteiger partial charge in [-0.3, -0.25) is 0 Å². The first kappa shape index (κ1) is 10.6. The standard InChI is InChI=1S/C6H11IO5/c7-3-5(10)4(9)2(1-8)12-6(3)11/h2-6,8-11H,1H2/t2-,3+,4+,5-,6?/m1/s1. The van der Waals surface area contributed by atoms with Crippen molar-refractivity contribution in [3.8, 4) is 0 Å². The van der Waals surface area contributed by atoms with Crippen LogP contribution in [0.4, 0.5) is 0 Å². The summed E-state index contributed by atoms with van der Waals surface area (Å²) in [7, 11) is 0. The third-order valence-corrected chi connectivity index (χ3v) is 3.18. The van der Waals surface area contributed by atoms with Crippen molar-refractivity contribution in [2.45, 2.75) is 28.5 Å². The van der Waals surface area contributed by atoms with Crippen LogP contribution < -0.4 is 0 Å². The van der Waals surface area contributed by atoms with E-state index in [1.54, 1.807) is 22.6 Å². The first-order valence-corrected chi connectivity index (χ1v) is 4.77. The van der Waals surface area contributed by atoms with Crippen LogP contribution in [0, 0.1) is 0 Å². The number of halogens is 1. The van der Waals surface area contributed by atoms with E-state index in [4.69, 9.17) is 14.9 Å². The van der Waals surface area contributed by atoms with Gasteiger partial charge in [-0.1, -0.05) is 22.6 Å². The van der Waals surface area contributed by atoms with Crippen molar-refractivity contribution in [1.82, 2.24) is 0 Å². The molecule has 1 heterocycles. The molecule has 0 radical (unpaired) electrons. The third-order valence-electron chi connectivity index (χ3n) is 1.82. The Labute approximate surface area is 83.1 Å². The Balaban J connectivity index is 2.63. The van der Waals surface area contributed by atoms with Crippen LogP contribution in [0.1, 0.15) is 0 Å². The summed E-state index contributed by atoms with van der Waals surface area (Å²) in [6.07, 6.45) is -4.24. The fourth-order valence-electron chi connectivity index (χ4n) is 1.06. The van der Waals surface area contributed by atoms with Crippen LogP contribution in [-0.2, 0) is 4.74 Å². The van der Waals surface area contributed by atoms with Crippen molar-refractivity contribution < 1.29 is 25.2 Å². The Hall–Kier alpha value is 0.530. The van der Waals surface area contributed by atoms with Crippen molar-refractivity contribution in [1.29, 1.82) is 0 Å². The molecule has 0 saturated carbocycles. The average Bonchev–Trinajstić information content (AvgIpc) is 2.08. The summed E-state index contributed by atoms with van der Waals surface area (Å²) < 4.78 is 4.25. The highest BCUT2D eigenvalue weighted by Gasteiger charge is 2.41. The van der Waals surface area contributed by atoms with Gasteiger partial charge >= 0.3 is 0 Å². The number of aliphatic hydroxyl groups is 4. The smallest absolute Gasteiger partial charge is 0.169 e. The number of aliphatic hydroxyl groups excluding tert-OH is 4. The van der Waals surface area contributed by atoms with Crippen molar-refractivity contribution >= 4 is 22.6 Å². The van der Waals surface area contributed by atoms with Gasteiger partial charge in [0.1, 0.15) is 12.2 Å². The third kappa shape index (κ3) is 1.88. The summed E-state index contributed by atoms with van der Waals surface area (Å²) in [6, 6.07) is 0. The lowest BCUT2D eigenvalue weighted by atomic mass is 10.0. The summed E-state index contributed by atoms with van der Waals surface area (Å²) in [6.45, 7) is -0.418. The lowest BCUT2D eigenvalue weighted by Gasteiger charge is -2.37. The van der Waals surface area contributed by atoms with E-state index < -0.39 is 35.1 Å². The number of alkyl halides is 1. The SMILES string of the molecule is OC[C@H]1OC(O)[C@@H](I)[C@@H](O)[C@H]1O. The first-order valence-electron chi connectivity index (χ1n) is 3.52. The van der Waals surface area contributed by atoms with E-state index in [9.17, 15) is 10.2 Å². The molecule has 72 valence electrons. The van der Waals surface area contributed by atoms with E-state index in [1.807, 2.05) is 0 Å².